The molecule has 0 amide bonds. The lowest BCUT2D eigenvalue weighted by molar-refractivity contribution is 0.282. The van der Waals surface area contributed by atoms with Crippen molar-refractivity contribution in [3.05, 3.63) is 28.7 Å². The predicted molar refractivity (Wildman–Crippen MR) is 79.9 cm³/mol. The number of piperidine rings is 1. The van der Waals surface area contributed by atoms with Crippen molar-refractivity contribution in [2.45, 2.75) is 23.0 Å². The normalized spacial score (nSPS) is 18.2. The Kier molecular flexibility index (Phi) is 3.41. The summed E-state index contributed by atoms with van der Waals surface area (Å²) >= 11 is 1.94. The monoisotopic (exact) mass is 277 g/mol. The molecule has 0 saturated carbocycles. The number of nitrogens with one attached hydrogen (secondary N) is 1. The Labute approximate surface area is 116 Å². The molecule has 0 atom stereocenters. The Morgan fingerprint density at radius 2 is 2.00 bits per heavy atom. The van der Waals surface area contributed by atoms with E-state index in [0.29, 0.717) is 5.25 Å². The van der Waals surface area contributed by atoms with Gasteiger partial charge in [0, 0.05) is 17.2 Å². The van der Waals surface area contributed by atoms with Crippen LogP contribution in [0.1, 0.15) is 12.8 Å². The second-order valence-electron chi connectivity index (χ2n) is 5.29. The number of fused-ring (bicyclic) bond motifs is 1. The van der Waals surface area contributed by atoms with Crippen molar-refractivity contribution in [2.75, 3.05) is 20.1 Å². The third-order valence-electron chi connectivity index (χ3n) is 3.85. The third-order valence-corrected chi connectivity index (χ3v) is 5.18. The number of imidazole rings is 1. The molecule has 0 spiro atoms. The van der Waals surface area contributed by atoms with Crippen molar-refractivity contribution < 1.29 is 0 Å². The van der Waals surface area contributed by atoms with Crippen LogP contribution >= 0.6 is 11.8 Å². The van der Waals surface area contributed by atoms with Crippen molar-refractivity contribution in [1.82, 2.24) is 14.5 Å². The van der Waals surface area contributed by atoms with Crippen LogP contribution in [0.15, 0.2) is 27.9 Å². The van der Waals surface area contributed by atoms with Gasteiger partial charge in [0.1, 0.15) is 0 Å². The van der Waals surface area contributed by atoms with E-state index in [1.54, 1.807) is 4.57 Å². The third kappa shape index (κ3) is 2.58. The lowest BCUT2D eigenvalue weighted by Crippen LogP contribution is -2.31. The lowest BCUT2D eigenvalue weighted by atomic mass is 10.1. The molecular formula is C14H19N3OS. The van der Waals surface area contributed by atoms with Gasteiger partial charge in [0.15, 0.2) is 0 Å². The maximum Gasteiger partial charge on any atom is 0.326 e. The van der Waals surface area contributed by atoms with Crippen molar-refractivity contribution >= 4 is 22.8 Å². The van der Waals surface area contributed by atoms with Crippen LogP contribution in [0.3, 0.4) is 0 Å². The van der Waals surface area contributed by atoms with Crippen LogP contribution in [0.25, 0.3) is 11.0 Å². The molecule has 0 bridgehead atoms. The summed E-state index contributed by atoms with van der Waals surface area (Å²) in [5.41, 5.74) is 1.86. The summed E-state index contributed by atoms with van der Waals surface area (Å²) in [6.07, 6.45) is 2.48. The molecule has 2 aromatic rings. The first-order valence-corrected chi connectivity index (χ1v) is 7.55. The maximum absolute atomic E-state index is 11.6. The number of hydrogen-bond donors (Lipinski definition) is 1. The van der Waals surface area contributed by atoms with Crippen LogP contribution in [0.4, 0.5) is 0 Å². The zero-order valence-electron chi connectivity index (χ0n) is 11.3. The molecule has 102 valence electrons. The van der Waals surface area contributed by atoms with Gasteiger partial charge in [-0.2, -0.15) is 0 Å². The molecule has 0 radical (unpaired) electrons. The Hall–Kier alpha value is -1.20. The van der Waals surface area contributed by atoms with E-state index < -0.39 is 0 Å². The SMILES string of the molecule is CN1CCC(Sc2ccc3[nH]c(=O)n(C)c3c2)CC1. The molecule has 1 aliphatic heterocycles. The first-order valence-electron chi connectivity index (χ1n) is 6.67. The number of hydrogen-bond acceptors (Lipinski definition) is 3. The summed E-state index contributed by atoms with van der Waals surface area (Å²) in [7, 11) is 3.99. The van der Waals surface area contributed by atoms with Crippen LogP contribution in [-0.4, -0.2) is 39.8 Å². The van der Waals surface area contributed by atoms with Crippen LogP contribution in [0.2, 0.25) is 0 Å². The van der Waals surface area contributed by atoms with Crippen molar-refractivity contribution in [3.8, 4) is 0 Å². The van der Waals surface area contributed by atoms with Gasteiger partial charge >= 0.3 is 5.69 Å². The number of thioether (sulfide) groups is 1. The molecule has 1 aliphatic rings. The van der Waals surface area contributed by atoms with Gasteiger partial charge in [-0.1, -0.05) is 0 Å². The van der Waals surface area contributed by atoms with Crippen LogP contribution < -0.4 is 5.69 Å². The number of H-pyrrole nitrogens is 1. The Morgan fingerprint density at radius 3 is 2.74 bits per heavy atom. The first kappa shape index (κ1) is 12.8. The van der Waals surface area contributed by atoms with E-state index in [1.807, 2.05) is 24.9 Å². The fourth-order valence-corrected chi connectivity index (χ4v) is 3.73. The quantitative estimate of drug-likeness (QED) is 0.913. The maximum atomic E-state index is 11.6. The Morgan fingerprint density at radius 1 is 1.26 bits per heavy atom. The van der Waals surface area contributed by atoms with Crippen LogP contribution in [0, 0.1) is 0 Å². The van der Waals surface area contributed by atoms with Crippen LogP contribution in [-0.2, 0) is 7.05 Å². The van der Waals surface area contributed by atoms with E-state index in [-0.39, 0.29) is 5.69 Å². The lowest BCUT2D eigenvalue weighted by Gasteiger charge is -2.28. The molecule has 5 heteroatoms. The molecule has 1 saturated heterocycles. The highest BCUT2D eigenvalue weighted by molar-refractivity contribution is 8.00. The summed E-state index contributed by atoms with van der Waals surface area (Å²) in [6.45, 7) is 2.37. The molecule has 0 aliphatic carbocycles. The zero-order chi connectivity index (χ0) is 13.4. The summed E-state index contributed by atoms with van der Waals surface area (Å²) in [5.74, 6) is 0. The molecule has 3 rings (SSSR count). The van der Waals surface area contributed by atoms with Crippen molar-refractivity contribution in [1.29, 1.82) is 0 Å². The van der Waals surface area contributed by atoms with Gasteiger partial charge in [-0.25, -0.2) is 4.79 Å². The Bertz CT molecular complexity index is 638. The van der Waals surface area contributed by atoms with E-state index in [2.05, 4.69) is 29.1 Å². The smallest absolute Gasteiger partial charge is 0.306 e. The van der Waals surface area contributed by atoms with Gasteiger partial charge in [0.05, 0.1) is 11.0 Å². The summed E-state index contributed by atoms with van der Waals surface area (Å²) in [6, 6.07) is 6.24. The highest BCUT2D eigenvalue weighted by Crippen LogP contribution is 2.31. The second-order valence-corrected chi connectivity index (χ2v) is 6.66. The van der Waals surface area contributed by atoms with Gasteiger partial charge in [-0.15, -0.1) is 11.8 Å². The second kappa shape index (κ2) is 5.06. The number of benzene rings is 1. The average molecular weight is 277 g/mol. The number of aryl methyl sites for hydroxylation is 1. The van der Waals surface area contributed by atoms with E-state index >= 15 is 0 Å². The number of aromatic nitrogens is 2. The number of likely N-dealkylation sites (tertiary alicyclic amines) is 1. The summed E-state index contributed by atoms with van der Waals surface area (Å²) in [5, 5.41) is 0.699. The summed E-state index contributed by atoms with van der Waals surface area (Å²) in [4.78, 5) is 18.1. The largest absolute Gasteiger partial charge is 0.326 e. The first-order chi connectivity index (χ1) is 9.13. The van der Waals surface area contributed by atoms with Gasteiger partial charge in [0.25, 0.3) is 0 Å². The molecule has 1 aromatic carbocycles. The standard InChI is InChI=1S/C14H19N3OS/c1-16-7-5-10(6-8-16)19-11-3-4-12-13(9-11)17(2)14(18)15-12/h3-4,9-10H,5-8H2,1-2H3,(H,15,18). The number of nitrogens with zero attached hydrogens (tertiary/aromatic N) is 2. The number of rotatable bonds is 2. The predicted octanol–water partition coefficient (Wildman–Crippen LogP) is 2.05. The minimum atomic E-state index is -0.0450. The van der Waals surface area contributed by atoms with E-state index in [9.17, 15) is 4.79 Å². The fourth-order valence-electron chi connectivity index (χ4n) is 2.57. The minimum absolute atomic E-state index is 0.0450. The molecule has 19 heavy (non-hydrogen) atoms. The molecule has 2 heterocycles. The van der Waals surface area contributed by atoms with Gasteiger partial charge < -0.3 is 9.88 Å². The minimum Gasteiger partial charge on any atom is -0.306 e. The van der Waals surface area contributed by atoms with Gasteiger partial charge in [0.2, 0.25) is 0 Å². The van der Waals surface area contributed by atoms with Crippen molar-refractivity contribution in [3.63, 3.8) is 0 Å². The summed E-state index contributed by atoms with van der Waals surface area (Å²) < 4.78 is 1.67. The van der Waals surface area contributed by atoms with Gasteiger partial charge in [-0.05, 0) is 51.2 Å². The molecular weight excluding hydrogens is 258 g/mol. The molecule has 4 nitrogen and oxygen atoms in total. The zero-order valence-corrected chi connectivity index (χ0v) is 12.2. The average Bonchev–Trinajstić information content (AvgIpc) is 2.69. The van der Waals surface area contributed by atoms with E-state index in [1.165, 1.54) is 30.8 Å². The topological polar surface area (TPSA) is 41.0 Å². The molecule has 0 unspecified atom stereocenters. The van der Waals surface area contributed by atoms with E-state index in [0.717, 1.165) is 11.0 Å². The Balaban J connectivity index is 1.81. The highest BCUT2D eigenvalue weighted by atomic mass is 32.2. The fraction of sp³-hybridized carbons (Fsp3) is 0.500. The molecule has 1 fully saturated rings. The van der Waals surface area contributed by atoms with Crippen LogP contribution in [0.5, 0.6) is 0 Å². The van der Waals surface area contributed by atoms with E-state index in [4.69, 9.17) is 0 Å². The molecule has 1 N–H and O–H groups in total. The van der Waals surface area contributed by atoms with Crippen molar-refractivity contribution in [2.24, 2.45) is 7.05 Å². The number of aromatic amines is 1. The molecule has 1 aromatic heterocycles. The van der Waals surface area contributed by atoms with Gasteiger partial charge in [-0.3, -0.25) is 4.57 Å². The highest BCUT2D eigenvalue weighted by Gasteiger charge is 2.17.